The number of ether oxygens (including phenoxy) is 1. The molecule has 0 aromatic heterocycles. The minimum atomic E-state index is -0.121. The molecule has 0 spiro atoms. The number of epoxide rings is 1. The minimum Gasteiger partial charge on any atom is -0.370 e. The summed E-state index contributed by atoms with van der Waals surface area (Å²) >= 11 is 3.37. The van der Waals surface area contributed by atoms with Crippen LogP contribution in [0.25, 0.3) is 0 Å². The average Bonchev–Trinajstić information content (AvgIpc) is 3.00. The molecule has 16 heavy (non-hydrogen) atoms. The van der Waals surface area contributed by atoms with Crippen LogP contribution in [0.3, 0.4) is 0 Å². The van der Waals surface area contributed by atoms with Crippen LogP contribution in [0.15, 0.2) is 22.7 Å². The lowest BCUT2D eigenvalue weighted by Crippen LogP contribution is -2.03. The highest BCUT2D eigenvalue weighted by atomic mass is 79.9. The third kappa shape index (κ3) is 2.64. The molecule has 88 valence electrons. The normalized spacial score (nSPS) is 25.5. The van der Waals surface area contributed by atoms with E-state index in [9.17, 15) is 4.39 Å². The smallest absolute Gasteiger partial charge is 0.126 e. The maximum absolute atomic E-state index is 13.6. The van der Waals surface area contributed by atoms with Gasteiger partial charge in [-0.1, -0.05) is 29.8 Å². The highest BCUT2D eigenvalue weighted by molar-refractivity contribution is 9.10. The molecule has 0 bridgehead atoms. The number of rotatable bonds is 4. The monoisotopic (exact) mass is 286 g/mol. The molecule has 1 aromatic rings. The van der Waals surface area contributed by atoms with Gasteiger partial charge in [-0.05, 0) is 42.5 Å². The van der Waals surface area contributed by atoms with Gasteiger partial charge in [-0.2, -0.15) is 0 Å². The first-order chi connectivity index (χ1) is 7.61. The number of benzene rings is 1. The molecule has 2 rings (SSSR count). The number of hydrogen-bond donors (Lipinski definition) is 0. The van der Waals surface area contributed by atoms with Crippen molar-refractivity contribution in [2.24, 2.45) is 0 Å². The molecule has 1 fully saturated rings. The van der Waals surface area contributed by atoms with E-state index in [1.807, 2.05) is 6.07 Å². The first-order valence-electron chi connectivity index (χ1n) is 5.72. The Morgan fingerprint density at radius 3 is 2.81 bits per heavy atom. The molecule has 1 aliphatic rings. The van der Waals surface area contributed by atoms with E-state index in [0.717, 1.165) is 22.9 Å². The first-order valence-corrected chi connectivity index (χ1v) is 6.51. The molecule has 1 aliphatic heterocycles. The lowest BCUT2D eigenvalue weighted by Gasteiger charge is -2.11. The van der Waals surface area contributed by atoms with Crippen LogP contribution in [0.5, 0.6) is 0 Å². The van der Waals surface area contributed by atoms with Crippen LogP contribution in [-0.4, -0.2) is 12.2 Å². The van der Waals surface area contributed by atoms with E-state index < -0.39 is 0 Å². The van der Waals surface area contributed by atoms with Gasteiger partial charge in [0.25, 0.3) is 0 Å². The van der Waals surface area contributed by atoms with E-state index >= 15 is 0 Å². The molecule has 1 heterocycles. The van der Waals surface area contributed by atoms with E-state index in [0.29, 0.717) is 12.2 Å². The van der Waals surface area contributed by atoms with Gasteiger partial charge in [0.15, 0.2) is 0 Å². The summed E-state index contributed by atoms with van der Waals surface area (Å²) in [5.74, 6) is 0.0865. The van der Waals surface area contributed by atoms with E-state index in [4.69, 9.17) is 4.74 Å². The zero-order valence-electron chi connectivity index (χ0n) is 9.54. The van der Waals surface area contributed by atoms with Crippen molar-refractivity contribution in [1.82, 2.24) is 0 Å². The third-order valence-electron chi connectivity index (χ3n) is 3.16. The van der Waals surface area contributed by atoms with Gasteiger partial charge in [0.2, 0.25) is 0 Å². The highest BCUT2D eigenvalue weighted by Crippen LogP contribution is 2.35. The van der Waals surface area contributed by atoms with Crippen molar-refractivity contribution < 1.29 is 9.13 Å². The summed E-state index contributed by atoms with van der Waals surface area (Å²) < 4.78 is 20.0. The Labute approximate surface area is 104 Å². The Morgan fingerprint density at radius 2 is 2.19 bits per heavy atom. The summed E-state index contributed by atoms with van der Waals surface area (Å²) in [5.41, 5.74) is 0.778. The van der Waals surface area contributed by atoms with E-state index in [2.05, 4.69) is 29.8 Å². The van der Waals surface area contributed by atoms with Gasteiger partial charge in [0.1, 0.15) is 5.82 Å². The van der Waals surface area contributed by atoms with Gasteiger partial charge in [-0.25, -0.2) is 4.39 Å². The summed E-state index contributed by atoms with van der Waals surface area (Å²) in [4.78, 5) is 0. The molecule has 1 saturated heterocycles. The summed E-state index contributed by atoms with van der Waals surface area (Å²) in [6, 6.07) is 5.11. The van der Waals surface area contributed by atoms with Crippen molar-refractivity contribution in [2.75, 3.05) is 0 Å². The second kappa shape index (κ2) is 4.84. The van der Waals surface area contributed by atoms with Gasteiger partial charge < -0.3 is 4.74 Å². The molecule has 1 nitrogen and oxygen atoms in total. The second-order valence-corrected chi connectivity index (χ2v) is 5.34. The Kier molecular flexibility index (Phi) is 3.65. The lowest BCUT2D eigenvalue weighted by molar-refractivity contribution is 0.352. The van der Waals surface area contributed by atoms with Crippen LogP contribution < -0.4 is 0 Å². The van der Waals surface area contributed by atoms with Gasteiger partial charge in [0, 0.05) is 4.47 Å². The molecule has 0 saturated carbocycles. The Balaban J connectivity index is 2.03. The maximum Gasteiger partial charge on any atom is 0.126 e. The molecular weight excluding hydrogens is 271 g/mol. The number of hydrogen-bond acceptors (Lipinski definition) is 1. The lowest BCUT2D eigenvalue weighted by atomic mass is 9.94. The van der Waals surface area contributed by atoms with Crippen LogP contribution in [0.4, 0.5) is 4.39 Å². The van der Waals surface area contributed by atoms with Crippen LogP contribution in [-0.2, 0) is 4.74 Å². The maximum atomic E-state index is 13.6. The van der Waals surface area contributed by atoms with Crippen molar-refractivity contribution in [3.05, 3.63) is 34.1 Å². The number of halogens is 2. The molecular formula is C13H16BrFO. The van der Waals surface area contributed by atoms with Crippen molar-refractivity contribution in [3.63, 3.8) is 0 Å². The molecule has 0 aliphatic carbocycles. The minimum absolute atomic E-state index is 0.121. The Bertz CT molecular complexity index is 380. The van der Waals surface area contributed by atoms with Gasteiger partial charge in [-0.15, -0.1) is 0 Å². The van der Waals surface area contributed by atoms with Crippen LogP contribution in [0.2, 0.25) is 0 Å². The summed E-state index contributed by atoms with van der Waals surface area (Å²) in [5, 5.41) is 0. The predicted molar refractivity (Wildman–Crippen MR) is 66.1 cm³/mol. The van der Waals surface area contributed by atoms with Crippen LogP contribution in [0.1, 0.15) is 38.2 Å². The quantitative estimate of drug-likeness (QED) is 0.754. The Morgan fingerprint density at radius 1 is 1.44 bits per heavy atom. The van der Waals surface area contributed by atoms with Crippen LogP contribution >= 0.6 is 15.9 Å². The Hall–Kier alpha value is -0.410. The van der Waals surface area contributed by atoms with Gasteiger partial charge in [0.05, 0.1) is 12.2 Å². The van der Waals surface area contributed by atoms with Crippen molar-refractivity contribution in [3.8, 4) is 0 Å². The fraction of sp³-hybridized carbons (Fsp3) is 0.538. The van der Waals surface area contributed by atoms with E-state index in [1.165, 1.54) is 6.07 Å². The van der Waals surface area contributed by atoms with E-state index in [-0.39, 0.29) is 11.7 Å². The fourth-order valence-electron chi connectivity index (χ4n) is 2.11. The molecule has 3 unspecified atom stereocenters. The summed E-state index contributed by atoms with van der Waals surface area (Å²) in [7, 11) is 0. The fourth-order valence-corrected chi connectivity index (χ4v) is 2.49. The highest BCUT2D eigenvalue weighted by Gasteiger charge is 2.38. The SMILES string of the molecule is CCC1OC1CC(C)c1cc(Br)ccc1F. The van der Waals surface area contributed by atoms with Crippen molar-refractivity contribution in [2.45, 2.75) is 44.8 Å². The van der Waals surface area contributed by atoms with Crippen molar-refractivity contribution >= 4 is 15.9 Å². The summed E-state index contributed by atoms with van der Waals surface area (Å²) in [6.45, 7) is 4.17. The predicted octanol–water partition coefficient (Wildman–Crippen LogP) is 4.26. The zero-order valence-corrected chi connectivity index (χ0v) is 11.1. The molecule has 0 N–H and O–H groups in total. The molecule has 3 atom stereocenters. The summed E-state index contributed by atoms with van der Waals surface area (Å²) in [6.07, 6.45) is 2.69. The van der Waals surface area contributed by atoms with Gasteiger partial charge in [-0.3, -0.25) is 0 Å². The zero-order chi connectivity index (χ0) is 11.7. The van der Waals surface area contributed by atoms with Crippen molar-refractivity contribution in [1.29, 1.82) is 0 Å². The topological polar surface area (TPSA) is 12.5 Å². The molecule has 1 aromatic carbocycles. The first kappa shape index (κ1) is 12.1. The second-order valence-electron chi connectivity index (χ2n) is 4.42. The molecule has 0 radical (unpaired) electrons. The largest absolute Gasteiger partial charge is 0.370 e. The average molecular weight is 287 g/mol. The van der Waals surface area contributed by atoms with Gasteiger partial charge >= 0.3 is 0 Å². The third-order valence-corrected chi connectivity index (χ3v) is 3.66. The molecule has 3 heteroatoms. The van der Waals surface area contributed by atoms with Crippen LogP contribution in [0, 0.1) is 5.82 Å². The standard InChI is InChI=1S/C13H16BrFO/c1-3-12-13(16-12)6-8(2)10-7-9(14)4-5-11(10)15/h4-5,7-8,12-13H,3,6H2,1-2H3. The van der Waals surface area contributed by atoms with E-state index in [1.54, 1.807) is 6.07 Å². The molecule has 0 amide bonds.